The van der Waals surface area contributed by atoms with Gasteiger partial charge in [-0.3, -0.25) is 0 Å². The van der Waals surface area contributed by atoms with Crippen LogP contribution in [-0.4, -0.2) is 44.0 Å². The van der Waals surface area contributed by atoms with Crippen LogP contribution >= 0.6 is 11.3 Å². The number of para-hydroxylation sites is 1. The molecule has 0 aliphatic heterocycles. The van der Waals surface area contributed by atoms with Gasteiger partial charge in [0.1, 0.15) is 5.01 Å². The zero-order valence-corrected chi connectivity index (χ0v) is 45.2. The highest BCUT2D eigenvalue weighted by Crippen LogP contribution is 2.42. The minimum absolute atomic E-state index is 0.610. The average molecular weight is 1080 g/mol. The maximum atomic E-state index is 5.22. The van der Waals surface area contributed by atoms with Crippen molar-refractivity contribution in [1.29, 1.82) is 0 Å². The molecule has 16 aromatic rings. The Morgan fingerprint density at radius 3 is 0.988 bits per heavy atom. The van der Waals surface area contributed by atoms with Gasteiger partial charge in [-0.1, -0.05) is 182 Å². The third kappa shape index (κ3) is 8.60. The molecule has 83 heavy (non-hydrogen) atoms. The van der Waals surface area contributed by atoms with E-state index < -0.39 is 0 Å². The molecule has 0 bridgehead atoms. The van der Waals surface area contributed by atoms with Gasteiger partial charge < -0.3 is 9.13 Å². The lowest BCUT2D eigenvalue weighted by atomic mass is 10.0. The van der Waals surface area contributed by atoms with Gasteiger partial charge in [0.05, 0.1) is 32.3 Å². The molecular formula is C73H45N9S. The standard InChI is InChI=1S/C73H45N9S/c1-6-18-46(19-7-1)67-75-68(47-20-8-2-9-21-47)78-71(77-67)50-30-36-55(37-31-50)81-62-29-17-16-28-57(62)58-42-53(34-40-63(58)81)54-35-41-64-59(43-54)60-44-66-61(74-73(83-66)52-26-14-5-15-27-52)45-65(60)82(64)56-38-32-51(33-39-56)72-79-69(48-22-10-3-11-23-48)76-70(80-72)49-24-12-4-13-25-49/h1-45H. The van der Waals surface area contributed by atoms with Crippen LogP contribution in [0, 0.1) is 0 Å². The highest BCUT2D eigenvalue weighted by Gasteiger charge is 2.21. The molecule has 0 radical (unpaired) electrons. The quantitative estimate of drug-likeness (QED) is 0.134. The van der Waals surface area contributed by atoms with Crippen molar-refractivity contribution < 1.29 is 0 Å². The number of aromatic nitrogens is 9. The van der Waals surface area contributed by atoms with Crippen molar-refractivity contribution in [2.45, 2.75) is 0 Å². The van der Waals surface area contributed by atoms with Gasteiger partial charge in [-0.25, -0.2) is 34.9 Å². The second-order valence-corrected chi connectivity index (χ2v) is 21.6. The van der Waals surface area contributed by atoms with Crippen LogP contribution < -0.4 is 0 Å². The number of hydrogen-bond acceptors (Lipinski definition) is 8. The summed E-state index contributed by atoms with van der Waals surface area (Å²) >= 11 is 1.73. The molecule has 0 aliphatic carbocycles. The van der Waals surface area contributed by atoms with Gasteiger partial charge in [0.15, 0.2) is 34.9 Å². The lowest BCUT2D eigenvalue weighted by Crippen LogP contribution is -2.00. The van der Waals surface area contributed by atoms with E-state index in [-0.39, 0.29) is 0 Å². The van der Waals surface area contributed by atoms with Gasteiger partial charge in [-0.15, -0.1) is 11.3 Å². The van der Waals surface area contributed by atoms with Crippen molar-refractivity contribution in [2.24, 2.45) is 0 Å². The number of rotatable bonds is 10. The van der Waals surface area contributed by atoms with Gasteiger partial charge in [0.2, 0.25) is 0 Å². The Kier molecular flexibility index (Phi) is 11.5. The van der Waals surface area contributed by atoms with Crippen molar-refractivity contribution in [3.8, 4) is 101 Å². The molecule has 0 fully saturated rings. The molecule has 0 aliphatic rings. The first kappa shape index (κ1) is 47.9. The lowest BCUT2D eigenvalue weighted by molar-refractivity contribution is 1.07. The summed E-state index contributed by atoms with van der Waals surface area (Å²) in [4.78, 5) is 35.1. The fourth-order valence-corrected chi connectivity index (χ4v) is 12.4. The van der Waals surface area contributed by atoms with E-state index in [1.54, 1.807) is 11.3 Å². The Bertz CT molecular complexity index is 4990. The maximum absolute atomic E-state index is 5.22. The first-order valence-corrected chi connectivity index (χ1v) is 28.4. The molecule has 0 saturated heterocycles. The van der Waals surface area contributed by atoms with Gasteiger partial charge in [0, 0.05) is 71.9 Å². The summed E-state index contributed by atoms with van der Waals surface area (Å²) < 4.78 is 5.86. The Morgan fingerprint density at radius 1 is 0.229 bits per heavy atom. The highest BCUT2D eigenvalue weighted by molar-refractivity contribution is 7.21. The van der Waals surface area contributed by atoms with E-state index in [0.29, 0.717) is 34.9 Å². The van der Waals surface area contributed by atoms with Gasteiger partial charge >= 0.3 is 0 Å². The Labute approximate surface area is 480 Å². The molecule has 0 spiro atoms. The Balaban J connectivity index is 0.796. The molecule has 16 rings (SSSR count). The van der Waals surface area contributed by atoms with Crippen LogP contribution in [0.3, 0.4) is 0 Å². The second kappa shape index (κ2) is 19.9. The molecular weight excluding hydrogens is 1030 g/mol. The number of nitrogens with zero attached hydrogens (tertiary/aromatic N) is 9. The van der Waals surface area contributed by atoms with Crippen molar-refractivity contribution in [2.75, 3.05) is 0 Å². The molecule has 388 valence electrons. The molecule has 9 nitrogen and oxygen atoms in total. The monoisotopic (exact) mass is 1080 g/mol. The van der Waals surface area contributed by atoms with Crippen molar-refractivity contribution in [3.63, 3.8) is 0 Å². The van der Waals surface area contributed by atoms with E-state index in [4.69, 9.17) is 34.9 Å². The lowest BCUT2D eigenvalue weighted by Gasteiger charge is -2.11. The average Bonchev–Trinajstić information content (AvgIpc) is 2.89. The Morgan fingerprint density at radius 2 is 0.554 bits per heavy atom. The third-order valence-corrected chi connectivity index (χ3v) is 16.5. The van der Waals surface area contributed by atoms with Gasteiger partial charge in [0.25, 0.3) is 0 Å². The summed E-state index contributed by atoms with van der Waals surface area (Å²) in [5, 5.41) is 5.66. The van der Waals surface area contributed by atoms with Crippen LogP contribution in [0.4, 0.5) is 0 Å². The van der Waals surface area contributed by atoms with Crippen molar-refractivity contribution in [3.05, 3.63) is 273 Å². The number of benzene rings is 11. The van der Waals surface area contributed by atoms with Gasteiger partial charge in [-0.2, -0.15) is 0 Å². The molecule has 0 atom stereocenters. The van der Waals surface area contributed by atoms with Crippen molar-refractivity contribution in [1.82, 2.24) is 44.0 Å². The number of thiazole rings is 1. The predicted octanol–water partition coefficient (Wildman–Crippen LogP) is 18.2. The molecule has 11 aromatic carbocycles. The SMILES string of the molecule is c1ccc(-c2nc(-c3ccccc3)nc(-c3ccc(-n4c5ccccc5c5cc(-c6ccc7c(c6)c6cc8sc(-c9ccccc9)nc8cc6n7-c6ccc(-c7nc(-c8ccccc8)nc(-c8ccccc8)n7)cc6)ccc54)cc3)n2)cc1. The summed E-state index contributed by atoms with van der Waals surface area (Å²) in [6.07, 6.45) is 0. The molecule has 0 amide bonds. The summed E-state index contributed by atoms with van der Waals surface area (Å²) in [6, 6.07) is 95.0. The van der Waals surface area contributed by atoms with Crippen LogP contribution in [0.1, 0.15) is 0 Å². The normalized spacial score (nSPS) is 11.6. The summed E-state index contributed by atoms with van der Waals surface area (Å²) in [5.41, 5.74) is 16.4. The molecule has 0 saturated carbocycles. The zero-order chi connectivity index (χ0) is 54.8. The molecule has 5 heterocycles. The first-order valence-electron chi connectivity index (χ1n) is 27.5. The summed E-state index contributed by atoms with van der Waals surface area (Å²) in [5.74, 6) is 3.75. The smallest absolute Gasteiger partial charge is 0.164 e. The molecule has 5 aromatic heterocycles. The third-order valence-electron chi connectivity index (χ3n) is 15.5. The first-order chi connectivity index (χ1) is 41.1. The van der Waals surface area contributed by atoms with E-state index in [0.717, 1.165) is 110 Å². The number of fused-ring (bicyclic) bond motifs is 7. The van der Waals surface area contributed by atoms with E-state index in [9.17, 15) is 0 Å². The van der Waals surface area contributed by atoms with Crippen LogP contribution in [0.2, 0.25) is 0 Å². The fraction of sp³-hybridized carbons (Fsp3) is 0. The predicted molar refractivity (Wildman–Crippen MR) is 339 cm³/mol. The van der Waals surface area contributed by atoms with Crippen molar-refractivity contribution >= 4 is 65.2 Å². The molecule has 10 heteroatoms. The maximum Gasteiger partial charge on any atom is 0.164 e. The second-order valence-electron chi connectivity index (χ2n) is 20.5. The van der Waals surface area contributed by atoms with Crippen LogP contribution in [0.15, 0.2) is 273 Å². The zero-order valence-electron chi connectivity index (χ0n) is 44.4. The highest BCUT2D eigenvalue weighted by atomic mass is 32.1. The Hall–Kier alpha value is -11.1. The topological polar surface area (TPSA) is 100 Å². The van der Waals surface area contributed by atoms with E-state index in [1.165, 1.54) is 10.8 Å². The number of hydrogen-bond donors (Lipinski definition) is 0. The molecule has 0 N–H and O–H groups in total. The minimum Gasteiger partial charge on any atom is -0.309 e. The van der Waals surface area contributed by atoms with E-state index >= 15 is 0 Å². The largest absolute Gasteiger partial charge is 0.309 e. The van der Waals surface area contributed by atoms with Gasteiger partial charge in [-0.05, 0) is 102 Å². The minimum atomic E-state index is 0.610. The van der Waals surface area contributed by atoms with Crippen LogP contribution in [0.5, 0.6) is 0 Å². The summed E-state index contributed by atoms with van der Waals surface area (Å²) in [7, 11) is 0. The van der Waals surface area contributed by atoms with E-state index in [2.05, 4.69) is 155 Å². The molecule has 0 unspecified atom stereocenters. The van der Waals surface area contributed by atoms with Crippen LogP contribution in [0.25, 0.3) is 155 Å². The fourth-order valence-electron chi connectivity index (χ4n) is 11.4. The van der Waals surface area contributed by atoms with E-state index in [1.807, 2.05) is 127 Å². The van der Waals surface area contributed by atoms with Crippen LogP contribution in [-0.2, 0) is 0 Å². The summed E-state index contributed by atoms with van der Waals surface area (Å²) in [6.45, 7) is 0.